The fourth-order valence-corrected chi connectivity index (χ4v) is 4.27. The van der Waals surface area contributed by atoms with E-state index in [1.807, 2.05) is 0 Å². The summed E-state index contributed by atoms with van der Waals surface area (Å²) in [6.45, 7) is 1.48. The van der Waals surface area contributed by atoms with E-state index in [0.29, 0.717) is 16.9 Å². The Hall–Kier alpha value is -4.44. The van der Waals surface area contributed by atoms with E-state index in [2.05, 4.69) is 15.4 Å². The molecule has 0 unspecified atom stereocenters. The highest BCUT2D eigenvalue weighted by molar-refractivity contribution is 7.92. The fourth-order valence-electron chi connectivity index (χ4n) is 3.13. The van der Waals surface area contributed by atoms with Crippen LogP contribution in [0.25, 0.3) is 0 Å². The van der Waals surface area contributed by atoms with Crippen molar-refractivity contribution in [2.45, 2.75) is 11.8 Å². The third-order valence-electron chi connectivity index (χ3n) is 4.98. The minimum atomic E-state index is -3.91. The lowest BCUT2D eigenvalue weighted by Crippen LogP contribution is -2.14. The van der Waals surface area contributed by atoms with Gasteiger partial charge in [0.25, 0.3) is 21.8 Å². The number of halogens is 1. The summed E-state index contributed by atoms with van der Waals surface area (Å²) in [5.41, 5.74) is 1.80. The molecule has 1 aromatic heterocycles. The maximum absolute atomic E-state index is 13.4. The second-order valence-electron chi connectivity index (χ2n) is 7.56. The van der Waals surface area contributed by atoms with E-state index in [9.17, 15) is 22.4 Å². The summed E-state index contributed by atoms with van der Waals surface area (Å²) in [4.78, 5) is 24.5. The third-order valence-corrected chi connectivity index (χ3v) is 6.36. The number of benzene rings is 3. The van der Waals surface area contributed by atoms with Crippen molar-refractivity contribution in [3.05, 3.63) is 108 Å². The van der Waals surface area contributed by atoms with Gasteiger partial charge in [-0.25, -0.2) is 12.8 Å². The van der Waals surface area contributed by atoms with Gasteiger partial charge in [0.2, 0.25) is 0 Å². The van der Waals surface area contributed by atoms with Gasteiger partial charge in [0.05, 0.1) is 11.2 Å². The Morgan fingerprint density at radius 2 is 1.40 bits per heavy atom. The molecule has 0 atom stereocenters. The summed E-state index contributed by atoms with van der Waals surface area (Å²) in [6.07, 6.45) is 1.40. The van der Waals surface area contributed by atoms with Crippen LogP contribution in [0, 0.1) is 12.7 Å². The van der Waals surface area contributed by atoms with Crippen molar-refractivity contribution in [2.24, 2.45) is 0 Å². The highest BCUT2D eigenvalue weighted by atomic mass is 32.2. The van der Waals surface area contributed by atoms with Crippen LogP contribution < -0.4 is 15.4 Å². The van der Waals surface area contributed by atoms with Crippen molar-refractivity contribution in [3.8, 4) is 0 Å². The molecule has 178 valence electrons. The van der Waals surface area contributed by atoms with Gasteiger partial charge in [-0.1, -0.05) is 0 Å². The van der Waals surface area contributed by atoms with E-state index in [-0.39, 0.29) is 21.9 Å². The zero-order valence-electron chi connectivity index (χ0n) is 18.4. The number of nitrogens with one attached hydrogen (secondary N) is 3. The number of sulfonamides is 1. The number of carbonyl (C=O) groups excluding carboxylic acids is 2. The minimum Gasteiger partial charge on any atom is -0.459 e. The van der Waals surface area contributed by atoms with Gasteiger partial charge < -0.3 is 15.1 Å². The van der Waals surface area contributed by atoms with Gasteiger partial charge in [0.15, 0.2) is 5.76 Å². The zero-order chi connectivity index (χ0) is 25.0. The molecule has 4 aromatic rings. The third kappa shape index (κ3) is 5.74. The van der Waals surface area contributed by atoms with Gasteiger partial charge in [-0.05, 0) is 91.3 Å². The predicted octanol–water partition coefficient (Wildman–Crippen LogP) is 5.03. The molecular formula is C25H20FN3O5S. The van der Waals surface area contributed by atoms with Crippen LogP contribution in [0.5, 0.6) is 0 Å². The first-order chi connectivity index (χ1) is 16.7. The smallest absolute Gasteiger partial charge is 0.291 e. The Morgan fingerprint density at radius 1 is 0.800 bits per heavy atom. The minimum absolute atomic E-state index is 0.0676. The molecule has 8 nitrogen and oxygen atoms in total. The van der Waals surface area contributed by atoms with Crippen molar-refractivity contribution in [2.75, 3.05) is 15.4 Å². The maximum Gasteiger partial charge on any atom is 0.291 e. The summed E-state index contributed by atoms with van der Waals surface area (Å²) < 4.78 is 46.0. The molecule has 0 saturated carbocycles. The Balaban J connectivity index is 1.37. The van der Waals surface area contributed by atoms with Crippen LogP contribution in [-0.2, 0) is 10.0 Å². The average molecular weight is 494 g/mol. The van der Waals surface area contributed by atoms with Gasteiger partial charge in [-0.3, -0.25) is 14.3 Å². The Bertz CT molecular complexity index is 1470. The number of carbonyl (C=O) groups is 2. The largest absolute Gasteiger partial charge is 0.459 e. The van der Waals surface area contributed by atoms with E-state index < -0.39 is 27.7 Å². The molecule has 0 bridgehead atoms. The molecule has 4 rings (SSSR count). The van der Waals surface area contributed by atoms with Crippen molar-refractivity contribution in [1.29, 1.82) is 0 Å². The zero-order valence-corrected chi connectivity index (χ0v) is 19.2. The SMILES string of the molecule is Cc1cc(S(=O)(=O)Nc2ccc(C(=O)Nc3ccc(NC(=O)c4ccco4)cc3)cc2)ccc1F. The maximum atomic E-state index is 13.4. The molecule has 2 amide bonds. The number of hydrogen-bond acceptors (Lipinski definition) is 5. The molecule has 10 heteroatoms. The van der Waals surface area contributed by atoms with Gasteiger partial charge in [-0.15, -0.1) is 0 Å². The van der Waals surface area contributed by atoms with Crippen molar-refractivity contribution in [3.63, 3.8) is 0 Å². The van der Waals surface area contributed by atoms with E-state index in [0.717, 1.165) is 6.07 Å². The molecular weight excluding hydrogens is 473 g/mol. The average Bonchev–Trinajstić information content (AvgIpc) is 3.37. The number of hydrogen-bond donors (Lipinski definition) is 3. The van der Waals surface area contributed by atoms with Crippen LogP contribution in [0.4, 0.5) is 21.5 Å². The molecule has 0 saturated heterocycles. The van der Waals surface area contributed by atoms with E-state index >= 15 is 0 Å². The Labute approximate surface area is 200 Å². The van der Waals surface area contributed by atoms with Crippen molar-refractivity contribution in [1.82, 2.24) is 0 Å². The molecule has 0 aliphatic heterocycles. The summed E-state index contributed by atoms with van der Waals surface area (Å²) in [6, 6.07) is 19.0. The van der Waals surface area contributed by atoms with Crippen LogP contribution in [0.2, 0.25) is 0 Å². The molecule has 3 N–H and O–H groups in total. The van der Waals surface area contributed by atoms with Gasteiger partial charge >= 0.3 is 0 Å². The number of rotatable bonds is 7. The lowest BCUT2D eigenvalue weighted by Gasteiger charge is -2.10. The summed E-state index contributed by atoms with van der Waals surface area (Å²) >= 11 is 0. The van der Waals surface area contributed by atoms with Gasteiger partial charge in [-0.2, -0.15) is 0 Å². The van der Waals surface area contributed by atoms with E-state index in [4.69, 9.17) is 4.42 Å². The lowest BCUT2D eigenvalue weighted by molar-refractivity contribution is 0.0994. The lowest BCUT2D eigenvalue weighted by atomic mass is 10.2. The Morgan fingerprint density at radius 3 is 1.97 bits per heavy atom. The normalized spacial score (nSPS) is 11.0. The Kier molecular flexibility index (Phi) is 6.65. The monoisotopic (exact) mass is 493 g/mol. The van der Waals surface area contributed by atoms with Crippen LogP contribution in [-0.4, -0.2) is 20.2 Å². The second kappa shape index (κ2) is 9.82. The van der Waals surface area contributed by atoms with Crippen LogP contribution >= 0.6 is 0 Å². The fraction of sp³-hybridized carbons (Fsp3) is 0.0400. The molecule has 1 heterocycles. The standard InChI is InChI=1S/C25H20FN3O5S/c1-16-15-21(12-13-22(16)26)35(32,33)29-20-6-4-17(5-7-20)24(30)27-18-8-10-19(11-9-18)28-25(31)23-3-2-14-34-23/h2-15,29H,1H3,(H,27,30)(H,28,31). The van der Waals surface area contributed by atoms with Crippen LogP contribution in [0.3, 0.4) is 0 Å². The highest BCUT2D eigenvalue weighted by Crippen LogP contribution is 2.20. The molecule has 0 radical (unpaired) electrons. The summed E-state index contributed by atoms with van der Waals surface area (Å²) in [5.74, 6) is -1.11. The first-order valence-electron chi connectivity index (χ1n) is 10.4. The number of anilines is 3. The van der Waals surface area contributed by atoms with Crippen LogP contribution in [0.15, 0.2) is 94.4 Å². The number of amides is 2. The highest BCUT2D eigenvalue weighted by Gasteiger charge is 2.16. The number of aryl methyl sites for hydroxylation is 1. The van der Waals surface area contributed by atoms with E-state index in [1.165, 1.54) is 49.6 Å². The van der Waals surface area contributed by atoms with Crippen molar-refractivity contribution >= 4 is 38.9 Å². The van der Waals surface area contributed by atoms with Crippen LogP contribution in [0.1, 0.15) is 26.5 Å². The topological polar surface area (TPSA) is 118 Å². The summed E-state index contributed by atoms with van der Waals surface area (Å²) in [5, 5.41) is 5.41. The molecule has 0 aliphatic carbocycles. The molecule has 0 spiro atoms. The second-order valence-corrected chi connectivity index (χ2v) is 9.24. The molecule has 35 heavy (non-hydrogen) atoms. The number of furan rings is 1. The molecule has 0 fully saturated rings. The quantitative estimate of drug-likeness (QED) is 0.334. The predicted molar refractivity (Wildman–Crippen MR) is 129 cm³/mol. The molecule has 0 aliphatic rings. The van der Waals surface area contributed by atoms with Crippen molar-refractivity contribution < 1.29 is 26.8 Å². The molecule has 3 aromatic carbocycles. The first-order valence-corrected chi connectivity index (χ1v) is 11.8. The first kappa shape index (κ1) is 23.7. The van der Waals surface area contributed by atoms with E-state index in [1.54, 1.807) is 36.4 Å². The summed E-state index contributed by atoms with van der Waals surface area (Å²) in [7, 11) is -3.91. The van der Waals surface area contributed by atoms with Gasteiger partial charge in [0, 0.05) is 22.6 Å². The van der Waals surface area contributed by atoms with Gasteiger partial charge in [0.1, 0.15) is 5.82 Å².